The van der Waals surface area contributed by atoms with Crippen molar-refractivity contribution in [1.82, 2.24) is 0 Å². The lowest BCUT2D eigenvalue weighted by Crippen LogP contribution is -2.48. The summed E-state index contributed by atoms with van der Waals surface area (Å²) in [7, 11) is 0. The maximum absolute atomic E-state index is 13.9. The molecule has 0 aromatic heterocycles. The Kier molecular flexibility index (Phi) is 4.87. The number of anilines is 2. The van der Waals surface area contributed by atoms with E-state index in [4.69, 9.17) is 23.2 Å². The quantitative estimate of drug-likeness (QED) is 0.372. The lowest BCUT2D eigenvalue weighted by atomic mass is 9.86. The summed E-state index contributed by atoms with van der Waals surface area (Å²) in [6.45, 7) is 0. The van der Waals surface area contributed by atoms with Crippen LogP contribution in [-0.2, 0) is 9.59 Å². The van der Waals surface area contributed by atoms with Crippen molar-refractivity contribution in [3.05, 3.63) is 100 Å². The molecule has 4 unspecified atom stereocenters. The van der Waals surface area contributed by atoms with Gasteiger partial charge in [0.25, 0.3) is 0 Å². The van der Waals surface area contributed by atoms with E-state index in [9.17, 15) is 14.4 Å². The van der Waals surface area contributed by atoms with Gasteiger partial charge in [0.2, 0.25) is 11.8 Å². The molecule has 0 radical (unpaired) electrons. The molecule has 3 aromatic carbocycles. The normalized spacial score (nSPS) is 24.8. The molecule has 3 aliphatic rings. The van der Waals surface area contributed by atoms with Gasteiger partial charge >= 0.3 is 0 Å². The number of benzene rings is 3. The van der Waals surface area contributed by atoms with E-state index in [1.54, 1.807) is 42.5 Å². The van der Waals surface area contributed by atoms with Gasteiger partial charge in [0, 0.05) is 21.3 Å². The summed E-state index contributed by atoms with van der Waals surface area (Å²) in [6.07, 6.45) is 3.89. The van der Waals surface area contributed by atoms with Crippen LogP contribution in [0.4, 0.5) is 11.4 Å². The molecule has 3 aromatic rings. The first-order valence-corrected chi connectivity index (χ1v) is 11.7. The topological polar surface area (TPSA) is 57.7 Å². The smallest absolute Gasteiger partial charge is 0.240 e. The van der Waals surface area contributed by atoms with E-state index >= 15 is 0 Å². The summed E-state index contributed by atoms with van der Waals surface area (Å²) in [6, 6.07) is 20.0. The second-order valence-electron chi connectivity index (χ2n) is 8.68. The first-order valence-electron chi connectivity index (χ1n) is 10.9. The summed E-state index contributed by atoms with van der Waals surface area (Å²) in [4.78, 5) is 44.5. The summed E-state index contributed by atoms with van der Waals surface area (Å²) in [5.74, 6) is -2.49. The highest BCUT2D eigenvalue weighted by atomic mass is 35.5. The molecule has 0 spiro atoms. The summed E-state index contributed by atoms with van der Waals surface area (Å²) >= 11 is 12.3. The molecule has 4 atom stereocenters. The summed E-state index contributed by atoms with van der Waals surface area (Å²) in [5.41, 5.74) is 2.61. The van der Waals surface area contributed by atoms with Crippen molar-refractivity contribution in [1.29, 1.82) is 0 Å². The maximum atomic E-state index is 13.9. The lowest BCUT2D eigenvalue weighted by Gasteiger charge is -2.36. The van der Waals surface area contributed by atoms with E-state index in [0.717, 1.165) is 16.2 Å². The van der Waals surface area contributed by atoms with Crippen LogP contribution in [0, 0.1) is 11.8 Å². The van der Waals surface area contributed by atoms with E-state index in [0.29, 0.717) is 21.3 Å². The van der Waals surface area contributed by atoms with Crippen LogP contribution in [0.15, 0.2) is 78.9 Å². The van der Waals surface area contributed by atoms with Crippen LogP contribution in [0.5, 0.6) is 0 Å². The van der Waals surface area contributed by atoms with E-state index in [1.807, 2.05) is 47.4 Å². The number of rotatable bonds is 3. The van der Waals surface area contributed by atoms with Crippen molar-refractivity contribution >= 4 is 58.3 Å². The Morgan fingerprint density at radius 1 is 0.794 bits per heavy atom. The Balaban J connectivity index is 1.51. The molecule has 0 bridgehead atoms. The lowest BCUT2D eigenvalue weighted by molar-refractivity contribution is -0.122. The molecule has 3 aliphatic heterocycles. The number of nitrogens with zero attached hydrogens (tertiary/aromatic N) is 2. The number of Topliss-reactive ketones (excluding diaryl/α,β-unsaturated/α-hetero) is 1. The Hall–Kier alpha value is -3.41. The van der Waals surface area contributed by atoms with Gasteiger partial charge in [0.15, 0.2) is 5.78 Å². The molecular weight excluding hydrogens is 471 g/mol. The fraction of sp³-hybridized carbons (Fsp3) is 0.148. The van der Waals surface area contributed by atoms with Gasteiger partial charge in [-0.3, -0.25) is 14.4 Å². The van der Waals surface area contributed by atoms with E-state index < -0.39 is 29.8 Å². The highest BCUT2D eigenvalue weighted by Crippen LogP contribution is 2.50. The zero-order valence-corrected chi connectivity index (χ0v) is 19.3. The molecule has 34 heavy (non-hydrogen) atoms. The van der Waals surface area contributed by atoms with Gasteiger partial charge in [-0.1, -0.05) is 83.9 Å². The van der Waals surface area contributed by atoms with Gasteiger partial charge in [-0.05, 0) is 29.8 Å². The second-order valence-corrected chi connectivity index (χ2v) is 9.55. The Bertz CT molecular complexity index is 1370. The fourth-order valence-electron chi connectivity index (χ4n) is 5.51. The number of amides is 2. The third-order valence-electron chi connectivity index (χ3n) is 6.85. The Morgan fingerprint density at radius 3 is 2.18 bits per heavy atom. The summed E-state index contributed by atoms with van der Waals surface area (Å²) < 4.78 is 0. The highest BCUT2D eigenvalue weighted by Gasteiger charge is 2.64. The van der Waals surface area contributed by atoms with Gasteiger partial charge in [-0.2, -0.15) is 0 Å². The number of hydrogen-bond donors (Lipinski definition) is 0. The number of fused-ring (bicyclic) bond motifs is 5. The number of hydrogen-bond acceptors (Lipinski definition) is 4. The first kappa shape index (κ1) is 21.1. The van der Waals surface area contributed by atoms with Gasteiger partial charge in [-0.25, -0.2) is 4.90 Å². The van der Waals surface area contributed by atoms with Gasteiger partial charge in [0.1, 0.15) is 6.04 Å². The molecule has 6 rings (SSSR count). The number of para-hydroxylation sites is 1. The molecule has 168 valence electrons. The minimum absolute atomic E-state index is 0.185. The Morgan fingerprint density at radius 2 is 1.44 bits per heavy atom. The Labute approximate surface area is 206 Å². The zero-order valence-electron chi connectivity index (χ0n) is 17.8. The third kappa shape index (κ3) is 3.04. The SMILES string of the molecule is O=C(c1ccccc1)C1C2C(=O)N(c3cc(Cl)cc(Cl)c3)C(=O)C2C2C=Cc3ccccc3N21. The van der Waals surface area contributed by atoms with Crippen LogP contribution in [0.3, 0.4) is 0 Å². The van der Waals surface area contributed by atoms with Gasteiger partial charge in [0.05, 0.1) is 23.6 Å². The molecule has 2 saturated heterocycles. The molecule has 0 N–H and O–H groups in total. The van der Waals surface area contributed by atoms with Crippen LogP contribution >= 0.6 is 23.2 Å². The number of halogens is 2. The molecule has 0 saturated carbocycles. The zero-order chi connectivity index (χ0) is 23.6. The number of imide groups is 1. The number of carbonyl (C=O) groups excluding carboxylic acids is 3. The number of carbonyl (C=O) groups is 3. The van der Waals surface area contributed by atoms with Crippen molar-refractivity contribution < 1.29 is 14.4 Å². The van der Waals surface area contributed by atoms with Crippen LogP contribution in [0.25, 0.3) is 6.08 Å². The van der Waals surface area contributed by atoms with E-state index in [2.05, 4.69) is 0 Å². The highest BCUT2D eigenvalue weighted by molar-refractivity contribution is 6.36. The molecular formula is C27H18Cl2N2O3. The van der Waals surface area contributed by atoms with Gasteiger partial charge in [-0.15, -0.1) is 0 Å². The van der Waals surface area contributed by atoms with Gasteiger partial charge < -0.3 is 4.90 Å². The van der Waals surface area contributed by atoms with Crippen molar-refractivity contribution in [2.24, 2.45) is 11.8 Å². The average Bonchev–Trinajstić information content (AvgIpc) is 3.31. The predicted molar refractivity (Wildman–Crippen MR) is 132 cm³/mol. The van der Waals surface area contributed by atoms with E-state index in [1.165, 1.54) is 0 Å². The summed E-state index contributed by atoms with van der Waals surface area (Å²) in [5, 5.41) is 0.648. The number of ketones is 1. The van der Waals surface area contributed by atoms with Crippen molar-refractivity contribution in [2.45, 2.75) is 12.1 Å². The largest absolute Gasteiger partial charge is 0.352 e. The molecule has 3 heterocycles. The minimum Gasteiger partial charge on any atom is -0.352 e. The van der Waals surface area contributed by atoms with Crippen LogP contribution in [0.2, 0.25) is 10.0 Å². The monoisotopic (exact) mass is 488 g/mol. The van der Waals surface area contributed by atoms with E-state index in [-0.39, 0.29) is 11.7 Å². The molecule has 2 amide bonds. The maximum Gasteiger partial charge on any atom is 0.240 e. The third-order valence-corrected chi connectivity index (χ3v) is 7.28. The van der Waals surface area contributed by atoms with Crippen LogP contribution in [-0.4, -0.2) is 29.7 Å². The van der Waals surface area contributed by atoms with Crippen molar-refractivity contribution in [2.75, 3.05) is 9.80 Å². The molecule has 2 fully saturated rings. The van der Waals surface area contributed by atoms with Crippen molar-refractivity contribution in [3.8, 4) is 0 Å². The van der Waals surface area contributed by atoms with Crippen molar-refractivity contribution in [3.63, 3.8) is 0 Å². The minimum atomic E-state index is -0.834. The standard InChI is InChI=1S/C27H18Cl2N2O3/c28-17-12-18(29)14-19(13-17)30-26(33)22-21-11-10-15-6-4-5-9-20(15)31(21)24(23(22)27(30)34)25(32)16-7-2-1-3-8-16/h1-14,21-24H. The fourth-order valence-corrected chi connectivity index (χ4v) is 6.02. The molecule has 0 aliphatic carbocycles. The average molecular weight is 489 g/mol. The second kappa shape index (κ2) is 7.83. The molecule has 7 heteroatoms. The predicted octanol–water partition coefficient (Wildman–Crippen LogP) is 5.27. The van der Waals surface area contributed by atoms with Crippen LogP contribution in [0.1, 0.15) is 15.9 Å². The van der Waals surface area contributed by atoms with Crippen LogP contribution < -0.4 is 9.80 Å². The molecule has 5 nitrogen and oxygen atoms in total. The first-order chi connectivity index (χ1) is 16.5.